The molecule has 0 aliphatic carbocycles. The Kier molecular flexibility index (Phi) is 6.50. The average Bonchev–Trinajstić information content (AvgIpc) is 2.54. The van der Waals surface area contributed by atoms with Gasteiger partial charge in [-0.1, -0.05) is 23.7 Å². The fraction of sp³-hybridized carbons (Fsp3) is 0.316. The van der Waals surface area contributed by atoms with Gasteiger partial charge in [-0.3, -0.25) is 4.79 Å². The molecule has 0 spiro atoms. The van der Waals surface area contributed by atoms with Crippen LogP contribution in [0, 0.1) is 13.8 Å². The van der Waals surface area contributed by atoms with E-state index in [1.807, 2.05) is 25.1 Å². The first-order chi connectivity index (χ1) is 11.5. The Morgan fingerprint density at radius 1 is 1.12 bits per heavy atom. The van der Waals surface area contributed by atoms with E-state index in [0.717, 1.165) is 5.75 Å². The average molecular weight is 348 g/mol. The molecule has 0 saturated heterocycles. The summed E-state index contributed by atoms with van der Waals surface area (Å²) in [5.74, 6) is 1.17. The smallest absolute Gasteiger partial charge is 0.260 e. The number of amides is 1. The van der Waals surface area contributed by atoms with Crippen LogP contribution in [0.25, 0.3) is 0 Å². The van der Waals surface area contributed by atoms with Gasteiger partial charge in [0.25, 0.3) is 5.91 Å². The van der Waals surface area contributed by atoms with E-state index in [4.69, 9.17) is 21.1 Å². The topological polar surface area (TPSA) is 47.6 Å². The second kappa shape index (κ2) is 8.60. The molecular weight excluding hydrogens is 326 g/mol. The van der Waals surface area contributed by atoms with Crippen LogP contribution in [0.4, 0.5) is 0 Å². The van der Waals surface area contributed by atoms with E-state index in [1.54, 1.807) is 31.2 Å². The van der Waals surface area contributed by atoms with Gasteiger partial charge in [0.2, 0.25) is 0 Å². The molecule has 4 nitrogen and oxygen atoms in total. The number of carbonyl (C=O) groups is 1. The first kappa shape index (κ1) is 18.1. The normalized spacial score (nSPS) is 11.7. The van der Waals surface area contributed by atoms with E-state index in [-0.39, 0.29) is 5.91 Å². The van der Waals surface area contributed by atoms with E-state index in [9.17, 15) is 4.79 Å². The predicted molar refractivity (Wildman–Crippen MR) is 96.0 cm³/mol. The molecule has 0 aromatic heterocycles. The zero-order valence-corrected chi connectivity index (χ0v) is 14.9. The van der Waals surface area contributed by atoms with Crippen molar-refractivity contribution in [2.75, 3.05) is 13.2 Å². The van der Waals surface area contributed by atoms with Crippen molar-refractivity contribution in [1.82, 2.24) is 5.32 Å². The van der Waals surface area contributed by atoms with Crippen molar-refractivity contribution in [3.8, 4) is 11.5 Å². The molecule has 0 heterocycles. The molecule has 1 N–H and O–H groups in total. The van der Waals surface area contributed by atoms with Crippen molar-refractivity contribution in [3.05, 3.63) is 58.6 Å². The third-order valence-corrected chi connectivity index (χ3v) is 3.86. The van der Waals surface area contributed by atoms with E-state index >= 15 is 0 Å². The van der Waals surface area contributed by atoms with Gasteiger partial charge in [0.15, 0.2) is 6.10 Å². The standard InChI is InChI=1S/C19H22ClNO3/c1-13-7-8-17(11-14(13)2)23-10-9-21-19(22)15(3)24-18-6-4-5-16(20)12-18/h4-8,11-12,15H,9-10H2,1-3H3,(H,21,22)/t15-/m1/s1. The van der Waals surface area contributed by atoms with Gasteiger partial charge in [-0.2, -0.15) is 0 Å². The summed E-state index contributed by atoms with van der Waals surface area (Å²) in [6.07, 6.45) is -0.606. The summed E-state index contributed by atoms with van der Waals surface area (Å²) in [4.78, 5) is 12.0. The molecule has 2 aromatic carbocycles. The first-order valence-electron chi connectivity index (χ1n) is 7.85. The molecule has 0 bridgehead atoms. The molecule has 2 aromatic rings. The van der Waals surface area contributed by atoms with Crippen molar-refractivity contribution in [2.45, 2.75) is 26.9 Å². The van der Waals surface area contributed by atoms with Crippen molar-refractivity contribution in [1.29, 1.82) is 0 Å². The van der Waals surface area contributed by atoms with E-state index in [2.05, 4.69) is 12.2 Å². The molecule has 0 fully saturated rings. The Hall–Kier alpha value is -2.20. The molecule has 1 amide bonds. The highest BCUT2D eigenvalue weighted by Gasteiger charge is 2.14. The molecule has 0 aliphatic heterocycles. The predicted octanol–water partition coefficient (Wildman–Crippen LogP) is 3.92. The Morgan fingerprint density at radius 2 is 1.92 bits per heavy atom. The minimum atomic E-state index is -0.606. The summed E-state index contributed by atoms with van der Waals surface area (Å²) < 4.78 is 11.2. The zero-order valence-electron chi connectivity index (χ0n) is 14.1. The third kappa shape index (κ3) is 5.46. The van der Waals surface area contributed by atoms with Gasteiger partial charge in [-0.15, -0.1) is 0 Å². The second-order valence-corrected chi connectivity index (χ2v) is 6.04. The number of rotatable bonds is 7. The SMILES string of the molecule is Cc1ccc(OCCNC(=O)[C@@H](C)Oc2cccc(Cl)c2)cc1C. The molecule has 5 heteroatoms. The summed E-state index contributed by atoms with van der Waals surface area (Å²) >= 11 is 5.89. The van der Waals surface area contributed by atoms with Crippen LogP contribution in [0.2, 0.25) is 5.02 Å². The van der Waals surface area contributed by atoms with Crippen molar-refractivity contribution < 1.29 is 14.3 Å². The van der Waals surface area contributed by atoms with E-state index in [0.29, 0.717) is 23.9 Å². The maximum atomic E-state index is 12.0. The minimum absolute atomic E-state index is 0.196. The van der Waals surface area contributed by atoms with Crippen LogP contribution in [0.5, 0.6) is 11.5 Å². The molecule has 0 radical (unpaired) electrons. The van der Waals surface area contributed by atoms with Crippen molar-refractivity contribution >= 4 is 17.5 Å². The lowest BCUT2D eigenvalue weighted by Gasteiger charge is -2.15. The molecular formula is C19H22ClNO3. The van der Waals surface area contributed by atoms with Crippen LogP contribution in [0.1, 0.15) is 18.1 Å². The minimum Gasteiger partial charge on any atom is -0.492 e. The van der Waals surface area contributed by atoms with Gasteiger partial charge in [0.05, 0.1) is 6.54 Å². The molecule has 0 aliphatic rings. The first-order valence-corrected chi connectivity index (χ1v) is 8.23. The molecule has 0 unspecified atom stereocenters. The van der Waals surface area contributed by atoms with E-state index < -0.39 is 6.10 Å². The highest BCUT2D eigenvalue weighted by atomic mass is 35.5. The fourth-order valence-electron chi connectivity index (χ4n) is 2.09. The van der Waals surface area contributed by atoms with Gasteiger partial charge in [0.1, 0.15) is 18.1 Å². The highest BCUT2D eigenvalue weighted by molar-refractivity contribution is 6.30. The van der Waals surface area contributed by atoms with Crippen LogP contribution in [-0.2, 0) is 4.79 Å². The third-order valence-electron chi connectivity index (χ3n) is 3.63. The van der Waals surface area contributed by atoms with Gasteiger partial charge in [-0.25, -0.2) is 0 Å². The number of halogens is 1. The van der Waals surface area contributed by atoms with Gasteiger partial charge in [0, 0.05) is 5.02 Å². The number of carbonyl (C=O) groups excluding carboxylic acids is 1. The molecule has 0 saturated carbocycles. The second-order valence-electron chi connectivity index (χ2n) is 5.60. The van der Waals surface area contributed by atoms with Gasteiger partial charge >= 0.3 is 0 Å². The number of ether oxygens (including phenoxy) is 2. The summed E-state index contributed by atoms with van der Waals surface area (Å²) in [5.41, 5.74) is 2.41. The Morgan fingerprint density at radius 3 is 2.62 bits per heavy atom. The molecule has 128 valence electrons. The maximum absolute atomic E-state index is 12.0. The van der Waals surface area contributed by atoms with Crippen molar-refractivity contribution in [3.63, 3.8) is 0 Å². The summed E-state index contributed by atoms with van der Waals surface area (Å²) in [6.45, 7) is 6.60. The molecule has 24 heavy (non-hydrogen) atoms. The van der Waals surface area contributed by atoms with Crippen LogP contribution in [-0.4, -0.2) is 25.2 Å². The summed E-state index contributed by atoms with van der Waals surface area (Å²) in [6, 6.07) is 12.9. The highest BCUT2D eigenvalue weighted by Crippen LogP contribution is 2.18. The van der Waals surface area contributed by atoms with Crippen LogP contribution in [0.15, 0.2) is 42.5 Å². The molecule has 2 rings (SSSR count). The number of hydrogen-bond acceptors (Lipinski definition) is 3. The maximum Gasteiger partial charge on any atom is 0.260 e. The number of nitrogens with one attached hydrogen (secondary N) is 1. The monoisotopic (exact) mass is 347 g/mol. The molecule has 1 atom stereocenters. The van der Waals surface area contributed by atoms with Crippen LogP contribution < -0.4 is 14.8 Å². The summed E-state index contributed by atoms with van der Waals surface area (Å²) in [7, 11) is 0. The fourth-order valence-corrected chi connectivity index (χ4v) is 2.27. The quantitative estimate of drug-likeness (QED) is 0.772. The van der Waals surface area contributed by atoms with Gasteiger partial charge < -0.3 is 14.8 Å². The largest absolute Gasteiger partial charge is 0.492 e. The lowest BCUT2D eigenvalue weighted by atomic mass is 10.1. The zero-order chi connectivity index (χ0) is 17.5. The van der Waals surface area contributed by atoms with Crippen LogP contribution >= 0.6 is 11.6 Å². The Bertz CT molecular complexity index is 703. The van der Waals surface area contributed by atoms with Crippen molar-refractivity contribution in [2.24, 2.45) is 0 Å². The van der Waals surface area contributed by atoms with Crippen LogP contribution in [0.3, 0.4) is 0 Å². The Balaban J connectivity index is 1.73. The van der Waals surface area contributed by atoms with Gasteiger partial charge in [-0.05, 0) is 62.2 Å². The number of hydrogen-bond donors (Lipinski definition) is 1. The summed E-state index contributed by atoms with van der Waals surface area (Å²) in [5, 5.41) is 3.36. The lowest BCUT2D eigenvalue weighted by Crippen LogP contribution is -2.38. The lowest BCUT2D eigenvalue weighted by molar-refractivity contribution is -0.127. The number of benzene rings is 2. The Labute approximate surface area is 147 Å². The number of aryl methyl sites for hydroxylation is 2. The van der Waals surface area contributed by atoms with E-state index in [1.165, 1.54) is 11.1 Å².